The Kier molecular flexibility index (Phi) is 10.4. The lowest BCUT2D eigenvalue weighted by molar-refractivity contribution is 0.102. The molecule has 0 aliphatic carbocycles. The van der Waals surface area contributed by atoms with Gasteiger partial charge in [-0.15, -0.1) is 5.10 Å². The van der Waals surface area contributed by atoms with E-state index in [0.29, 0.717) is 79.7 Å². The number of nitrogens with zero attached hydrogens (tertiary/aromatic N) is 2. The van der Waals surface area contributed by atoms with Crippen molar-refractivity contribution >= 4 is 11.9 Å². The van der Waals surface area contributed by atoms with E-state index in [4.69, 9.17) is 32.8 Å². The lowest BCUT2D eigenvalue weighted by Crippen LogP contribution is -2.13. The largest absolute Gasteiger partial charge is 0.490 e. The number of ether oxygens (including phenoxy) is 6. The van der Waals surface area contributed by atoms with E-state index < -0.39 is 5.91 Å². The molecule has 206 valence electrons. The molecule has 1 heterocycles. The number of benzene rings is 2. The van der Waals surface area contributed by atoms with Crippen LogP contribution in [0.2, 0.25) is 0 Å². The number of carbonyl (C=O) groups excluding carboxylic acids is 1. The second-order valence-electron chi connectivity index (χ2n) is 7.57. The highest BCUT2D eigenvalue weighted by molar-refractivity contribution is 6.04. The van der Waals surface area contributed by atoms with Crippen LogP contribution in [0.1, 0.15) is 51.9 Å². The smallest absolute Gasteiger partial charge is 0.322 e. The molecule has 11 heteroatoms. The molecular formula is C27H35N3O8. The molecule has 0 atom stereocenters. The van der Waals surface area contributed by atoms with E-state index in [9.17, 15) is 4.79 Å². The maximum atomic E-state index is 13.1. The maximum absolute atomic E-state index is 13.1. The average molecular weight is 530 g/mol. The summed E-state index contributed by atoms with van der Waals surface area (Å²) in [5.41, 5.74) is 0.824. The van der Waals surface area contributed by atoms with Crippen LogP contribution in [0.3, 0.4) is 0 Å². The van der Waals surface area contributed by atoms with Gasteiger partial charge in [-0.2, -0.15) is 0 Å². The fourth-order valence-electron chi connectivity index (χ4n) is 3.59. The number of hydrogen-bond donors (Lipinski definition) is 1. The molecule has 11 nitrogen and oxygen atoms in total. The number of carbonyl (C=O) groups is 1. The summed E-state index contributed by atoms with van der Waals surface area (Å²) in [7, 11) is 0. The summed E-state index contributed by atoms with van der Waals surface area (Å²) in [6.07, 6.45) is 0. The van der Waals surface area contributed by atoms with Gasteiger partial charge < -0.3 is 32.8 Å². The fraction of sp³-hybridized carbons (Fsp3) is 0.444. The van der Waals surface area contributed by atoms with Crippen molar-refractivity contribution < 1.29 is 37.6 Å². The molecule has 0 saturated carbocycles. The van der Waals surface area contributed by atoms with Gasteiger partial charge in [0.25, 0.3) is 5.91 Å². The van der Waals surface area contributed by atoms with Crippen molar-refractivity contribution in [2.24, 2.45) is 0 Å². The predicted octanol–water partition coefficient (Wildman–Crippen LogP) is 5.38. The summed E-state index contributed by atoms with van der Waals surface area (Å²) in [5.74, 6) is 2.40. The quantitative estimate of drug-likeness (QED) is 0.274. The summed E-state index contributed by atoms with van der Waals surface area (Å²) in [6, 6.07) is 6.54. The molecule has 1 amide bonds. The van der Waals surface area contributed by atoms with E-state index in [1.54, 1.807) is 24.3 Å². The van der Waals surface area contributed by atoms with Gasteiger partial charge in [0.05, 0.1) is 39.6 Å². The van der Waals surface area contributed by atoms with Gasteiger partial charge in [0.15, 0.2) is 23.0 Å². The van der Waals surface area contributed by atoms with Gasteiger partial charge in [-0.25, -0.2) is 0 Å². The number of nitrogens with one attached hydrogen (secondary N) is 1. The van der Waals surface area contributed by atoms with E-state index in [1.807, 2.05) is 41.5 Å². The molecular weight excluding hydrogens is 494 g/mol. The minimum absolute atomic E-state index is 0.0837. The van der Waals surface area contributed by atoms with Gasteiger partial charge in [0.1, 0.15) is 0 Å². The van der Waals surface area contributed by atoms with Crippen molar-refractivity contribution in [3.63, 3.8) is 0 Å². The zero-order valence-corrected chi connectivity index (χ0v) is 22.7. The minimum atomic E-state index is -0.484. The Balaban J connectivity index is 1.91. The summed E-state index contributed by atoms with van der Waals surface area (Å²) < 4.78 is 40.1. The van der Waals surface area contributed by atoms with Gasteiger partial charge in [-0.05, 0) is 65.8 Å². The van der Waals surface area contributed by atoms with Crippen LogP contribution in [0.5, 0.6) is 34.5 Å². The Labute approximate surface area is 222 Å². The minimum Gasteiger partial charge on any atom is -0.490 e. The molecule has 38 heavy (non-hydrogen) atoms. The predicted molar refractivity (Wildman–Crippen MR) is 141 cm³/mol. The van der Waals surface area contributed by atoms with Gasteiger partial charge in [0, 0.05) is 11.1 Å². The summed E-state index contributed by atoms with van der Waals surface area (Å²) in [6.45, 7) is 13.7. The summed E-state index contributed by atoms with van der Waals surface area (Å²) >= 11 is 0. The average Bonchev–Trinajstić information content (AvgIpc) is 3.36. The highest BCUT2D eigenvalue weighted by Gasteiger charge is 2.22. The summed E-state index contributed by atoms with van der Waals surface area (Å²) in [5, 5.41) is 10.7. The SMILES string of the molecule is CCOc1cc(C(=O)Nc2nnc(-c3cc(OCC)c(OCC)c(OCC)c3)o2)cc(OCC)c1OCC. The lowest BCUT2D eigenvalue weighted by Gasteiger charge is -2.16. The van der Waals surface area contributed by atoms with Crippen molar-refractivity contribution in [2.75, 3.05) is 45.0 Å². The van der Waals surface area contributed by atoms with Crippen molar-refractivity contribution in [3.8, 4) is 46.0 Å². The molecule has 0 aliphatic heterocycles. The topological polar surface area (TPSA) is 123 Å². The van der Waals surface area contributed by atoms with E-state index in [1.165, 1.54) is 0 Å². The number of hydrogen-bond acceptors (Lipinski definition) is 10. The van der Waals surface area contributed by atoms with Gasteiger partial charge in [-0.1, -0.05) is 5.10 Å². The highest BCUT2D eigenvalue weighted by Crippen LogP contribution is 2.42. The van der Waals surface area contributed by atoms with Crippen LogP contribution in [0, 0.1) is 0 Å². The number of amides is 1. The van der Waals surface area contributed by atoms with E-state index in [0.717, 1.165) is 0 Å². The second kappa shape index (κ2) is 14.0. The lowest BCUT2D eigenvalue weighted by atomic mass is 10.1. The fourth-order valence-corrected chi connectivity index (χ4v) is 3.59. The molecule has 0 spiro atoms. The Morgan fingerprint density at radius 3 is 1.50 bits per heavy atom. The second-order valence-corrected chi connectivity index (χ2v) is 7.57. The third kappa shape index (κ3) is 6.78. The van der Waals surface area contributed by atoms with E-state index in [2.05, 4.69) is 15.5 Å². The highest BCUT2D eigenvalue weighted by atomic mass is 16.5. The van der Waals surface area contributed by atoms with Crippen LogP contribution in [-0.2, 0) is 0 Å². The Morgan fingerprint density at radius 2 is 1.08 bits per heavy atom. The van der Waals surface area contributed by atoms with Crippen molar-refractivity contribution in [2.45, 2.75) is 41.5 Å². The van der Waals surface area contributed by atoms with E-state index in [-0.39, 0.29) is 17.5 Å². The Morgan fingerprint density at radius 1 is 0.658 bits per heavy atom. The Bertz CT molecular complexity index is 1160. The number of anilines is 1. The standard InChI is InChI=1S/C27H35N3O8/c1-7-32-19-13-17(14-20(33-8-2)23(19)36-11-5)25(31)28-27-30-29-26(38-27)18-15-21(34-9-3)24(37-12-6)22(16-18)35-10-4/h13-16H,7-12H2,1-6H3,(H,28,30,31). The monoisotopic (exact) mass is 529 g/mol. The van der Waals surface area contributed by atoms with Crippen molar-refractivity contribution in [1.29, 1.82) is 0 Å². The van der Waals surface area contributed by atoms with Crippen LogP contribution >= 0.6 is 0 Å². The van der Waals surface area contributed by atoms with Crippen LogP contribution in [0.4, 0.5) is 6.01 Å². The molecule has 0 radical (unpaired) electrons. The van der Waals surface area contributed by atoms with Crippen LogP contribution < -0.4 is 33.7 Å². The molecule has 1 aromatic heterocycles. The normalized spacial score (nSPS) is 10.6. The first-order valence-corrected chi connectivity index (χ1v) is 12.8. The van der Waals surface area contributed by atoms with Crippen LogP contribution in [0.25, 0.3) is 11.5 Å². The molecule has 0 unspecified atom stereocenters. The molecule has 0 saturated heterocycles. The Hall–Kier alpha value is -4.15. The number of rotatable bonds is 15. The van der Waals surface area contributed by atoms with Crippen molar-refractivity contribution in [3.05, 3.63) is 29.8 Å². The maximum Gasteiger partial charge on any atom is 0.322 e. The third-order valence-corrected chi connectivity index (χ3v) is 4.97. The van der Waals surface area contributed by atoms with Gasteiger partial charge in [-0.3, -0.25) is 10.1 Å². The first-order chi connectivity index (χ1) is 18.5. The molecule has 3 rings (SSSR count). The van der Waals surface area contributed by atoms with Gasteiger partial charge >= 0.3 is 6.01 Å². The summed E-state index contributed by atoms with van der Waals surface area (Å²) in [4.78, 5) is 13.1. The number of aromatic nitrogens is 2. The molecule has 0 fully saturated rings. The zero-order chi connectivity index (χ0) is 27.5. The van der Waals surface area contributed by atoms with Gasteiger partial charge in [0.2, 0.25) is 17.4 Å². The molecule has 0 aliphatic rings. The third-order valence-electron chi connectivity index (χ3n) is 4.97. The zero-order valence-electron chi connectivity index (χ0n) is 22.7. The first-order valence-electron chi connectivity index (χ1n) is 12.8. The van der Waals surface area contributed by atoms with Crippen LogP contribution in [-0.4, -0.2) is 55.7 Å². The van der Waals surface area contributed by atoms with Crippen LogP contribution in [0.15, 0.2) is 28.7 Å². The van der Waals surface area contributed by atoms with E-state index >= 15 is 0 Å². The molecule has 3 aromatic rings. The molecule has 0 bridgehead atoms. The first kappa shape index (κ1) is 28.4. The molecule has 2 aromatic carbocycles. The molecule has 1 N–H and O–H groups in total. The van der Waals surface area contributed by atoms with Crippen molar-refractivity contribution in [1.82, 2.24) is 10.2 Å².